The molecule has 0 saturated heterocycles. The summed E-state index contributed by atoms with van der Waals surface area (Å²) in [7, 11) is 1.57. The summed E-state index contributed by atoms with van der Waals surface area (Å²) < 4.78 is 5.20. The molecule has 0 spiro atoms. The fourth-order valence-corrected chi connectivity index (χ4v) is 2.99. The summed E-state index contributed by atoms with van der Waals surface area (Å²) >= 11 is 5.99. The smallest absolute Gasteiger partial charge is 0.307 e. The summed E-state index contributed by atoms with van der Waals surface area (Å²) in [5.74, 6) is -0.343. The van der Waals surface area contributed by atoms with Gasteiger partial charge in [0, 0.05) is 16.5 Å². The molecule has 24 heavy (non-hydrogen) atoms. The predicted molar refractivity (Wildman–Crippen MR) is 94.8 cm³/mol. The molecule has 0 aliphatic rings. The molecule has 1 heterocycles. The molecule has 3 aromatic rings. The average molecular weight is 342 g/mol. The van der Waals surface area contributed by atoms with Crippen LogP contribution in [0.15, 0.2) is 42.5 Å². The van der Waals surface area contributed by atoms with E-state index in [1.807, 2.05) is 31.2 Å². The van der Waals surface area contributed by atoms with Crippen LogP contribution >= 0.6 is 11.6 Å². The minimum atomic E-state index is -0.867. The third-order valence-corrected chi connectivity index (χ3v) is 4.22. The fraction of sp³-hybridized carbons (Fsp3) is 0.158. The molecular weight excluding hydrogens is 326 g/mol. The Morgan fingerprint density at radius 1 is 1.21 bits per heavy atom. The van der Waals surface area contributed by atoms with Gasteiger partial charge in [0.2, 0.25) is 5.88 Å². The summed E-state index contributed by atoms with van der Waals surface area (Å²) in [6, 6.07) is 13.0. The SMILES string of the molecule is COc1ccc2c(-c3ccc(Cl)cc3)c(CC(=O)O)c(C)cc2n1. The summed E-state index contributed by atoms with van der Waals surface area (Å²) in [6.07, 6.45) is -0.0498. The van der Waals surface area contributed by atoms with E-state index in [0.29, 0.717) is 10.9 Å². The van der Waals surface area contributed by atoms with Crippen molar-refractivity contribution in [2.24, 2.45) is 0 Å². The molecule has 1 aromatic heterocycles. The van der Waals surface area contributed by atoms with Crippen molar-refractivity contribution in [1.82, 2.24) is 4.98 Å². The lowest BCUT2D eigenvalue weighted by molar-refractivity contribution is -0.136. The molecular formula is C19H16ClNO3. The van der Waals surface area contributed by atoms with Crippen molar-refractivity contribution in [1.29, 1.82) is 0 Å². The Bertz CT molecular complexity index is 920. The molecule has 0 bridgehead atoms. The van der Waals surface area contributed by atoms with Crippen molar-refractivity contribution in [2.45, 2.75) is 13.3 Å². The van der Waals surface area contributed by atoms with Gasteiger partial charge in [-0.1, -0.05) is 23.7 Å². The van der Waals surface area contributed by atoms with E-state index in [1.165, 1.54) is 0 Å². The number of halogens is 1. The second-order valence-electron chi connectivity index (χ2n) is 5.54. The second kappa shape index (κ2) is 6.49. The first-order chi connectivity index (χ1) is 11.5. The van der Waals surface area contributed by atoms with Crippen LogP contribution in [0.2, 0.25) is 5.02 Å². The Morgan fingerprint density at radius 3 is 2.54 bits per heavy atom. The zero-order chi connectivity index (χ0) is 17.3. The van der Waals surface area contributed by atoms with Crippen molar-refractivity contribution in [2.75, 3.05) is 7.11 Å². The number of aliphatic carboxylic acids is 1. The molecule has 0 amide bonds. The molecule has 0 atom stereocenters. The zero-order valence-electron chi connectivity index (χ0n) is 13.3. The fourth-order valence-electron chi connectivity index (χ4n) is 2.87. The molecule has 1 N–H and O–H groups in total. The predicted octanol–water partition coefficient (Wildman–Crippen LogP) is 4.50. The third-order valence-electron chi connectivity index (χ3n) is 3.97. The summed E-state index contributed by atoms with van der Waals surface area (Å²) in [5.41, 5.74) is 4.22. The van der Waals surface area contributed by atoms with Gasteiger partial charge in [0.1, 0.15) is 0 Å². The summed E-state index contributed by atoms with van der Waals surface area (Å²) in [6.45, 7) is 1.90. The van der Waals surface area contributed by atoms with E-state index in [0.717, 1.165) is 33.2 Å². The molecule has 0 saturated carbocycles. The number of nitrogens with zero attached hydrogens (tertiary/aromatic N) is 1. The van der Waals surface area contributed by atoms with Crippen LogP contribution in [0.4, 0.5) is 0 Å². The standard InChI is InChI=1S/C19H16ClNO3/c1-11-9-16-14(7-8-17(21-16)24-2)19(15(11)10-18(22)23)12-3-5-13(20)6-4-12/h3-9H,10H2,1-2H3,(H,22,23). The zero-order valence-corrected chi connectivity index (χ0v) is 14.1. The number of benzene rings is 2. The minimum absolute atomic E-state index is 0.0498. The lowest BCUT2D eigenvalue weighted by Crippen LogP contribution is -2.05. The van der Waals surface area contributed by atoms with E-state index in [4.69, 9.17) is 16.3 Å². The van der Waals surface area contributed by atoms with Gasteiger partial charge >= 0.3 is 5.97 Å². The first kappa shape index (κ1) is 16.3. The van der Waals surface area contributed by atoms with E-state index >= 15 is 0 Å². The van der Waals surface area contributed by atoms with Crippen molar-refractivity contribution in [3.63, 3.8) is 0 Å². The normalized spacial score (nSPS) is 10.8. The number of rotatable bonds is 4. The second-order valence-corrected chi connectivity index (χ2v) is 5.98. The van der Waals surface area contributed by atoms with E-state index in [2.05, 4.69) is 4.98 Å². The minimum Gasteiger partial charge on any atom is -0.481 e. The Morgan fingerprint density at radius 2 is 1.92 bits per heavy atom. The number of carbonyl (C=O) groups is 1. The Labute approximate surface area is 144 Å². The van der Waals surface area contributed by atoms with Crippen LogP contribution in [-0.4, -0.2) is 23.2 Å². The molecule has 0 fully saturated rings. The molecule has 0 radical (unpaired) electrons. The molecule has 122 valence electrons. The van der Waals surface area contributed by atoms with Crippen LogP contribution < -0.4 is 4.74 Å². The summed E-state index contributed by atoms with van der Waals surface area (Å²) in [5, 5.41) is 10.8. The van der Waals surface area contributed by atoms with Crippen LogP contribution in [0.5, 0.6) is 5.88 Å². The van der Waals surface area contributed by atoms with Gasteiger partial charge in [-0.3, -0.25) is 4.79 Å². The van der Waals surface area contributed by atoms with Crippen molar-refractivity contribution in [3.8, 4) is 17.0 Å². The summed E-state index contributed by atoms with van der Waals surface area (Å²) in [4.78, 5) is 15.8. The number of aromatic nitrogens is 1. The number of ether oxygens (including phenoxy) is 1. The number of carboxylic acid groups (broad SMARTS) is 1. The van der Waals surface area contributed by atoms with Gasteiger partial charge < -0.3 is 9.84 Å². The quantitative estimate of drug-likeness (QED) is 0.759. The van der Waals surface area contributed by atoms with E-state index in [9.17, 15) is 9.90 Å². The molecule has 0 unspecified atom stereocenters. The monoisotopic (exact) mass is 341 g/mol. The molecule has 3 rings (SSSR count). The lowest BCUT2D eigenvalue weighted by Gasteiger charge is -2.16. The van der Waals surface area contributed by atoms with E-state index in [1.54, 1.807) is 25.3 Å². The van der Waals surface area contributed by atoms with Crippen LogP contribution in [0, 0.1) is 6.92 Å². The molecule has 2 aromatic carbocycles. The molecule has 0 aliphatic heterocycles. The largest absolute Gasteiger partial charge is 0.481 e. The number of hydrogen-bond acceptors (Lipinski definition) is 3. The Kier molecular flexibility index (Phi) is 4.40. The number of fused-ring (bicyclic) bond motifs is 1. The maximum atomic E-state index is 11.3. The van der Waals surface area contributed by atoms with Crippen molar-refractivity contribution < 1.29 is 14.6 Å². The highest BCUT2D eigenvalue weighted by Crippen LogP contribution is 2.35. The van der Waals surface area contributed by atoms with Crippen LogP contribution in [0.1, 0.15) is 11.1 Å². The van der Waals surface area contributed by atoms with Crippen LogP contribution in [0.25, 0.3) is 22.0 Å². The molecule has 4 nitrogen and oxygen atoms in total. The van der Waals surface area contributed by atoms with Gasteiger partial charge in [-0.15, -0.1) is 0 Å². The highest BCUT2D eigenvalue weighted by atomic mass is 35.5. The van der Waals surface area contributed by atoms with Gasteiger partial charge in [0.05, 0.1) is 19.0 Å². The van der Waals surface area contributed by atoms with Crippen LogP contribution in [-0.2, 0) is 11.2 Å². The number of carboxylic acids is 1. The number of methoxy groups -OCH3 is 1. The average Bonchev–Trinajstić information content (AvgIpc) is 2.56. The van der Waals surface area contributed by atoms with Gasteiger partial charge in [0.25, 0.3) is 0 Å². The Hall–Kier alpha value is -2.59. The first-order valence-electron chi connectivity index (χ1n) is 7.44. The topological polar surface area (TPSA) is 59.4 Å². The van der Waals surface area contributed by atoms with Gasteiger partial charge in [-0.25, -0.2) is 4.98 Å². The Balaban J connectivity index is 2.35. The lowest BCUT2D eigenvalue weighted by atomic mass is 9.90. The first-order valence-corrected chi connectivity index (χ1v) is 7.82. The number of aryl methyl sites for hydroxylation is 1. The highest BCUT2D eigenvalue weighted by molar-refractivity contribution is 6.30. The molecule has 0 aliphatic carbocycles. The maximum Gasteiger partial charge on any atom is 0.307 e. The van der Waals surface area contributed by atoms with Gasteiger partial charge in [-0.2, -0.15) is 0 Å². The highest BCUT2D eigenvalue weighted by Gasteiger charge is 2.16. The maximum absolute atomic E-state index is 11.3. The van der Waals surface area contributed by atoms with Gasteiger partial charge in [0.15, 0.2) is 0 Å². The van der Waals surface area contributed by atoms with Crippen LogP contribution in [0.3, 0.4) is 0 Å². The van der Waals surface area contributed by atoms with E-state index < -0.39 is 5.97 Å². The van der Waals surface area contributed by atoms with Crippen molar-refractivity contribution >= 4 is 28.5 Å². The van der Waals surface area contributed by atoms with Crippen molar-refractivity contribution in [3.05, 3.63) is 58.6 Å². The van der Waals surface area contributed by atoms with E-state index in [-0.39, 0.29) is 6.42 Å². The number of pyridine rings is 1. The molecule has 5 heteroatoms. The third kappa shape index (κ3) is 3.05. The van der Waals surface area contributed by atoms with Gasteiger partial charge in [-0.05, 0) is 53.4 Å². The number of hydrogen-bond donors (Lipinski definition) is 1.